The van der Waals surface area contributed by atoms with Crippen molar-refractivity contribution in [1.29, 1.82) is 0 Å². The third-order valence-corrected chi connectivity index (χ3v) is 6.87. The number of hydrogen-bond donors (Lipinski definition) is 1. The van der Waals surface area contributed by atoms with Gasteiger partial charge in [-0.05, 0) is 31.0 Å². The molecule has 0 spiro atoms. The lowest BCUT2D eigenvalue weighted by Crippen LogP contribution is -2.38. The fourth-order valence-electron chi connectivity index (χ4n) is 3.50. The second-order valence-electron chi connectivity index (χ2n) is 6.54. The minimum atomic E-state index is -3.91. The molecule has 8 nitrogen and oxygen atoms in total. The van der Waals surface area contributed by atoms with Crippen molar-refractivity contribution in [2.75, 3.05) is 13.1 Å². The van der Waals surface area contributed by atoms with E-state index >= 15 is 0 Å². The van der Waals surface area contributed by atoms with Gasteiger partial charge in [-0.1, -0.05) is 24.3 Å². The minimum Gasteiger partial charge on any atom is -0.342 e. The Morgan fingerprint density at radius 1 is 1.07 bits per heavy atom. The van der Waals surface area contributed by atoms with Crippen LogP contribution in [0.5, 0.6) is 0 Å². The number of piperidine rings is 1. The first-order valence-electron chi connectivity index (χ1n) is 8.65. The van der Waals surface area contributed by atoms with E-state index in [1.54, 1.807) is 0 Å². The summed E-state index contributed by atoms with van der Waals surface area (Å²) in [6.45, 7) is 0.603. The zero-order chi connectivity index (χ0) is 19.0. The first kappa shape index (κ1) is 17.6. The summed E-state index contributed by atoms with van der Waals surface area (Å²) in [5.41, 5.74) is 1.46. The normalized spacial score (nSPS) is 16.6. The Bertz CT molecular complexity index is 1070. The predicted molar refractivity (Wildman–Crippen MR) is 99.9 cm³/mol. The molecule has 1 aromatic heterocycles. The van der Waals surface area contributed by atoms with E-state index in [0.29, 0.717) is 25.9 Å². The van der Waals surface area contributed by atoms with Gasteiger partial charge in [-0.25, -0.2) is 13.4 Å². The summed E-state index contributed by atoms with van der Waals surface area (Å²) in [6.07, 6.45) is 1.22. The van der Waals surface area contributed by atoms with Gasteiger partial charge < -0.3 is 4.98 Å². The molecule has 1 fully saturated rings. The summed E-state index contributed by atoms with van der Waals surface area (Å²) in [5.74, 6) is 0.994. The average molecular weight is 386 g/mol. The Morgan fingerprint density at radius 2 is 1.74 bits per heavy atom. The highest BCUT2D eigenvalue weighted by atomic mass is 32.2. The van der Waals surface area contributed by atoms with Gasteiger partial charge in [0.05, 0.1) is 16.0 Å². The summed E-state index contributed by atoms with van der Waals surface area (Å²) in [7, 11) is -3.91. The molecule has 1 N–H and O–H groups in total. The molecule has 0 unspecified atom stereocenters. The molecule has 0 atom stereocenters. The Labute approximate surface area is 156 Å². The van der Waals surface area contributed by atoms with Crippen LogP contribution < -0.4 is 0 Å². The monoisotopic (exact) mass is 386 g/mol. The van der Waals surface area contributed by atoms with E-state index in [4.69, 9.17) is 0 Å². The number of nitrogens with one attached hydrogen (secondary N) is 1. The van der Waals surface area contributed by atoms with Crippen molar-refractivity contribution in [3.63, 3.8) is 0 Å². The largest absolute Gasteiger partial charge is 0.342 e. The number of nitro benzene ring substituents is 1. The maximum atomic E-state index is 12.9. The molecule has 0 aliphatic carbocycles. The van der Waals surface area contributed by atoms with Crippen molar-refractivity contribution in [1.82, 2.24) is 14.3 Å². The zero-order valence-corrected chi connectivity index (χ0v) is 15.2. The second kappa shape index (κ2) is 6.75. The number of hydrogen-bond acceptors (Lipinski definition) is 5. The van der Waals surface area contributed by atoms with Crippen LogP contribution in [0.4, 0.5) is 5.69 Å². The van der Waals surface area contributed by atoms with Gasteiger partial charge >= 0.3 is 0 Å². The lowest BCUT2D eigenvalue weighted by molar-refractivity contribution is -0.387. The number of aromatic amines is 1. The summed E-state index contributed by atoms with van der Waals surface area (Å²) in [6, 6.07) is 13.2. The van der Waals surface area contributed by atoms with Crippen LogP contribution in [0, 0.1) is 10.1 Å². The third kappa shape index (κ3) is 3.19. The zero-order valence-electron chi connectivity index (χ0n) is 14.4. The molecule has 0 radical (unpaired) electrons. The highest BCUT2D eigenvalue weighted by Crippen LogP contribution is 2.32. The van der Waals surface area contributed by atoms with Gasteiger partial charge in [-0.3, -0.25) is 10.1 Å². The van der Waals surface area contributed by atoms with Gasteiger partial charge in [0.15, 0.2) is 4.90 Å². The van der Waals surface area contributed by atoms with E-state index in [-0.39, 0.29) is 10.8 Å². The van der Waals surface area contributed by atoms with Crippen LogP contribution in [-0.2, 0) is 10.0 Å². The molecule has 0 saturated carbocycles. The molecule has 1 aliphatic heterocycles. The lowest BCUT2D eigenvalue weighted by atomic mass is 9.97. The molecule has 27 heavy (non-hydrogen) atoms. The minimum absolute atomic E-state index is 0.134. The van der Waals surface area contributed by atoms with Crippen molar-refractivity contribution < 1.29 is 13.3 Å². The van der Waals surface area contributed by atoms with Crippen molar-refractivity contribution >= 4 is 26.7 Å². The van der Waals surface area contributed by atoms with Gasteiger partial charge in [0.2, 0.25) is 10.0 Å². The van der Waals surface area contributed by atoms with Gasteiger partial charge in [0.1, 0.15) is 5.82 Å². The van der Waals surface area contributed by atoms with Gasteiger partial charge in [0, 0.05) is 25.1 Å². The van der Waals surface area contributed by atoms with E-state index < -0.39 is 20.6 Å². The fraction of sp³-hybridized carbons (Fsp3) is 0.278. The summed E-state index contributed by atoms with van der Waals surface area (Å²) in [4.78, 5) is 18.2. The van der Waals surface area contributed by atoms with Crippen molar-refractivity contribution in [2.45, 2.75) is 23.7 Å². The fourth-order valence-corrected chi connectivity index (χ4v) is 5.13. The number of fused-ring (bicyclic) bond motifs is 1. The summed E-state index contributed by atoms with van der Waals surface area (Å²) in [5, 5.41) is 11.2. The van der Waals surface area contributed by atoms with Crippen molar-refractivity contribution in [2.24, 2.45) is 0 Å². The van der Waals surface area contributed by atoms with Gasteiger partial charge in [0.25, 0.3) is 5.69 Å². The highest BCUT2D eigenvalue weighted by molar-refractivity contribution is 7.89. The first-order chi connectivity index (χ1) is 13.0. The molecule has 2 aromatic carbocycles. The van der Waals surface area contributed by atoms with Crippen LogP contribution in [0.2, 0.25) is 0 Å². The topological polar surface area (TPSA) is 109 Å². The second-order valence-corrected chi connectivity index (χ2v) is 8.45. The molecule has 2 heterocycles. The number of nitro groups is 1. The van der Waals surface area contributed by atoms with E-state index in [2.05, 4.69) is 9.97 Å². The van der Waals surface area contributed by atoms with Crippen LogP contribution in [0.15, 0.2) is 53.4 Å². The van der Waals surface area contributed by atoms with Crippen molar-refractivity contribution in [3.8, 4) is 0 Å². The quantitative estimate of drug-likeness (QED) is 0.547. The molecule has 1 aliphatic rings. The average Bonchev–Trinajstić information content (AvgIpc) is 3.12. The number of rotatable bonds is 4. The number of nitrogens with zero attached hydrogens (tertiary/aromatic N) is 3. The Morgan fingerprint density at radius 3 is 2.44 bits per heavy atom. The number of para-hydroxylation sites is 3. The van der Waals surface area contributed by atoms with Crippen LogP contribution in [0.25, 0.3) is 11.0 Å². The SMILES string of the molecule is O=[N+]([O-])c1ccccc1S(=O)(=O)N1CCC(c2nc3ccccc3[nH]2)CC1. The van der Waals surface area contributed by atoms with E-state index in [9.17, 15) is 18.5 Å². The van der Waals surface area contributed by atoms with Crippen LogP contribution in [0.3, 0.4) is 0 Å². The molecule has 4 rings (SSSR count). The maximum absolute atomic E-state index is 12.9. The molecular formula is C18H18N4O4S. The van der Waals surface area contributed by atoms with E-state index in [1.807, 2.05) is 24.3 Å². The molecule has 0 bridgehead atoms. The Kier molecular flexibility index (Phi) is 4.40. The van der Waals surface area contributed by atoms with Crippen LogP contribution in [0.1, 0.15) is 24.6 Å². The Balaban J connectivity index is 1.54. The number of aromatic nitrogens is 2. The lowest BCUT2D eigenvalue weighted by Gasteiger charge is -2.30. The smallest absolute Gasteiger partial charge is 0.289 e. The summed E-state index contributed by atoms with van der Waals surface area (Å²) >= 11 is 0. The molecule has 3 aromatic rings. The third-order valence-electron chi connectivity index (χ3n) is 4.93. The Hall–Kier alpha value is -2.78. The highest BCUT2D eigenvalue weighted by Gasteiger charge is 2.34. The first-order valence-corrected chi connectivity index (χ1v) is 10.1. The van der Waals surface area contributed by atoms with E-state index in [1.165, 1.54) is 28.6 Å². The molecule has 1 saturated heterocycles. The van der Waals surface area contributed by atoms with Crippen LogP contribution >= 0.6 is 0 Å². The molecular weight excluding hydrogens is 368 g/mol. The summed E-state index contributed by atoms with van der Waals surface area (Å²) < 4.78 is 27.1. The number of sulfonamides is 1. The van der Waals surface area contributed by atoms with Gasteiger partial charge in [-0.15, -0.1) is 0 Å². The van der Waals surface area contributed by atoms with E-state index in [0.717, 1.165) is 16.9 Å². The van der Waals surface area contributed by atoms with Crippen LogP contribution in [-0.4, -0.2) is 40.7 Å². The molecule has 0 amide bonds. The van der Waals surface area contributed by atoms with Crippen molar-refractivity contribution in [3.05, 3.63) is 64.5 Å². The maximum Gasteiger partial charge on any atom is 0.289 e. The molecule has 9 heteroatoms. The standard InChI is InChI=1S/C18H18N4O4S/c23-22(24)16-7-3-4-8-17(16)27(25,26)21-11-9-13(10-12-21)18-19-14-5-1-2-6-15(14)20-18/h1-8,13H,9-12H2,(H,19,20). The number of benzene rings is 2. The number of imidazole rings is 1. The predicted octanol–water partition coefficient (Wildman–Crippen LogP) is 3.04. The number of H-pyrrole nitrogens is 1. The van der Waals surface area contributed by atoms with Gasteiger partial charge in [-0.2, -0.15) is 4.31 Å². The molecule has 140 valence electrons.